The zero-order valence-electron chi connectivity index (χ0n) is 28.4. The van der Waals surface area contributed by atoms with Gasteiger partial charge >= 0.3 is 0 Å². The summed E-state index contributed by atoms with van der Waals surface area (Å²) in [7, 11) is -3.24. The second-order valence-electron chi connectivity index (χ2n) is 13.6. The van der Waals surface area contributed by atoms with Crippen molar-refractivity contribution >= 4 is 44.9 Å². The van der Waals surface area contributed by atoms with Crippen molar-refractivity contribution < 1.29 is 4.57 Å². The van der Waals surface area contributed by atoms with Gasteiger partial charge in [-0.2, -0.15) is 0 Å². The lowest BCUT2D eigenvalue weighted by Gasteiger charge is -2.34. The van der Waals surface area contributed by atoms with E-state index in [4.69, 9.17) is 0 Å². The molecular weight excluding hydrogens is 650 g/mol. The normalized spacial score (nSPS) is 13.2. The molecule has 0 saturated carbocycles. The largest absolute Gasteiger partial charge is 0.309 e. The van der Waals surface area contributed by atoms with E-state index in [1.54, 1.807) is 0 Å². The van der Waals surface area contributed by atoms with E-state index in [2.05, 4.69) is 150 Å². The van der Waals surface area contributed by atoms with Crippen LogP contribution in [0.4, 0.5) is 0 Å². The van der Waals surface area contributed by atoms with E-state index in [0.29, 0.717) is 0 Å². The lowest BCUT2D eigenvalue weighted by atomic mass is 9.68. The van der Waals surface area contributed by atoms with E-state index in [1.807, 2.05) is 60.7 Å². The summed E-state index contributed by atoms with van der Waals surface area (Å²) >= 11 is 0. The van der Waals surface area contributed by atoms with Gasteiger partial charge in [0.2, 0.25) is 0 Å². The van der Waals surface area contributed by atoms with Crippen molar-refractivity contribution in [2.45, 2.75) is 5.41 Å². The highest BCUT2D eigenvalue weighted by molar-refractivity contribution is 7.85. The van der Waals surface area contributed by atoms with E-state index in [1.165, 1.54) is 44.1 Å². The Balaban J connectivity index is 1.31. The van der Waals surface area contributed by atoms with Crippen molar-refractivity contribution in [1.29, 1.82) is 0 Å². The molecule has 1 aliphatic carbocycles. The Hall–Kier alpha value is -6.21. The van der Waals surface area contributed by atoms with Gasteiger partial charge in [0.25, 0.3) is 0 Å². The molecule has 10 rings (SSSR count). The van der Waals surface area contributed by atoms with Gasteiger partial charge in [-0.05, 0) is 63.7 Å². The third-order valence-electron chi connectivity index (χ3n) is 11.0. The summed E-state index contributed by atoms with van der Waals surface area (Å²) < 4.78 is 18.2. The molecule has 0 radical (unpaired) electrons. The smallest absolute Gasteiger partial charge is 0.171 e. The highest BCUT2D eigenvalue weighted by Gasteiger charge is 2.47. The maximum absolute atomic E-state index is 15.8. The fourth-order valence-corrected chi connectivity index (χ4v) is 11.4. The molecule has 2 nitrogen and oxygen atoms in total. The number of nitrogens with zero attached hydrogens (tertiary/aromatic N) is 1. The van der Waals surface area contributed by atoms with Gasteiger partial charge in [0.05, 0.1) is 16.4 Å². The zero-order chi connectivity index (χ0) is 34.7. The first-order valence-corrected chi connectivity index (χ1v) is 19.5. The van der Waals surface area contributed by atoms with Crippen LogP contribution in [0.5, 0.6) is 0 Å². The molecule has 3 heteroatoms. The van der Waals surface area contributed by atoms with Crippen molar-refractivity contribution in [2.75, 3.05) is 0 Å². The van der Waals surface area contributed by atoms with Crippen LogP contribution in [0, 0.1) is 0 Å². The third kappa shape index (κ3) is 4.35. The van der Waals surface area contributed by atoms with Crippen LogP contribution >= 0.6 is 7.14 Å². The average Bonchev–Trinajstić information content (AvgIpc) is 3.72. The fraction of sp³-hybridized carbons (Fsp3) is 0.0204. The summed E-state index contributed by atoms with van der Waals surface area (Å²) in [6.07, 6.45) is 0. The van der Waals surface area contributed by atoms with Gasteiger partial charge in [-0.25, -0.2) is 0 Å². The van der Waals surface area contributed by atoms with Gasteiger partial charge in [-0.15, -0.1) is 0 Å². The van der Waals surface area contributed by atoms with Gasteiger partial charge in [-0.3, -0.25) is 0 Å². The summed E-state index contributed by atoms with van der Waals surface area (Å²) in [5.41, 5.74) is 9.93. The van der Waals surface area contributed by atoms with Gasteiger partial charge in [0.15, 0.2) is 7.14 Å². The minimum atomic E-state index is -3.24. The molecule has 0 aliphatic heterocycles. The summed E-state index contributed by atoms with van der Waals surface area (Å²) in [6.45, 7) is 0. The SMILES string of the molecule is O=P(c1ccccc1)(c1ccccc1)c1ccc2c(c1)-c1cc(-n3c4ccccc4c4ccccc43)ccc1C2(c1ccccc1)c1ccccc1. The highest BCUT2D eigenvalue weighted by atomic mass is 31.2. The molecule has 0 amide bonds. The Morgan fingerprint density at radius 3 is 1.33 bits per heavy atom. The van der Waals surface area contributed by atoms with E-state index >= 15 is 4.57 Å². The van der Waals surface area contributed by atoms with Crippen LogP contribution in [-0.2, 0) is 9.98 Å². The molecule has 1 aliphatic rings. The number of rotatable bonds is 6. The highest BCUT2D eigenvalue weighted by Crippen LogP contribution is 2.57. The third-order valence-corrected chi connectivity index (χ3v) is 14.0. The van der Waals surface area contributed by atoms with Crippen molar-refractivity contribution in [3.63, 3.8) is 0 Å². The molecule has 0 spiro atoms. The molecule has 0 unspecified atom stereocenters. The van der Waals surface area contributed by atoms with Crippen molar-refractivity contribution in [1.82, 2.24) is 4.57 Å². The second kappa shape index (κ2) is 11.9. The van der Waals surface area contributed by atoms with Crippen LogP contribution in [0.2, 0.25) is 0 Å². The first kappa shape index (κ1) is 30.6. The van der Waals surface area contributed by atoms with E-state index in [-0.39, 0.29) is 0 Å². The summed E-state index contributed by atoms with van der Waals surface area (Å²) in [5, 5.41) is 4.95. The minimum absolute atomic E-state index is 0.575. The molecule has 0 bridgehead atoms. The fourth-order valence-electron chi connectivity index (χ4n) is 8.73. The van der Waals surface area contributed by atoms with Crippen LogP contribution < -0.4 is 15.9 Å². The number of aromatic nitrogens is 1. The van der Waals surface area contributed by atoms with Crippen molar-refractivity contribution in [3.8, 4) is 16.8 Å². The van der Waals surface area contributed by atoms with Gasteiger partial charge < -0.3 is 9.13 Å². The van der Waals surface area contributed by atoms with Crippen LogP contribution in [-0.4, -0.2) is 4.57 Å². The first-order chi connectivity index (χ1) is 25.7. The Morgan fingerprint density at radius 2 is 0.808 bits per heavy atom. The standard InChI is InChI=1S/C49H34NOP/c51-52(38-21-9-3-10-22-38,39-23-11-4-12-24-39)40-30-32-46-44(34-40)43-33-37(50-47-27-15-13-25-41(47)42-26-14-16-28-48(42)50)29-31-45(43)49(46,35-17-5-1-6-18-35)36-19-7-2-8-20-36/h1-34H. The molecule has 1 aromatic heterocycles. The number of para-hydroxylation sites is 2. The topological polar surface area (TPSA) is 22.0 Å². The number of hydrogen-bond donors (Lipinski definition) is 0. The maximum Gasteiger partial charge on any atom is 0.171 e. The van der Waals surface area contributed by atoms with E-state index in [0.717, 1.165) is 32.7 Å². The minimum Gasteiger partial charge on any atom is -0.309 e. The van der Waals surface area contributed by atoms with Gasteiger partial charge in [-0.1, -0.05) is 176 Å². The molecule has 9 aromatic rings. The van der Waals surface area contributed by atoms with E-state index in [9.17, 15) is 0 Å². The molecule has 246 valence electrons. The summed E-state index contributed by atoms with van der Waals surface area (Å²) in [6, 6.07) is 72.6. The lowest BCUT2D eigenvalue weighted by molar-refractivity contribution is 0.592. The number of hydrogen-bond acceptors (Lipinski definition) is 1. The quantitative estimate of drug-likeness (QED) is 0.160. The van der Waals surface area contributed by atoms with Crippen LogP contribution in [0.15, 0.2) is 206 Å². The van der Waals surface area contributed by atoms with E-state index < -0.39 is 12.6 Å². The Bertz CT molecular complexity index is 2670. The van der Waals surface area contributed by atoms with Crippen molar-refractivity contribution in [2.24, 2.45) is 0 Å². The molecule has 0 atom stereocenters. The Kier molecular flexibility index (Phi) is 7.03. The number of benzene rings is 8. The number of fused-ring (bicyclic) bond motifs is 6. The maximum atomic E-state index is 15.8. The Labute approximate surface area is 303 Å². The van der Waals surface area contributed by atoms with Crippen LogP contribution in [0.1, 0.15) is 22.3 Å². The first-order valence-electron chi connectivity index (χ1n) is 17.8. The molecule has 0 fully saturated rings. The van der Waals surface area contributed by atoms with Crippen molar-refractivity contribution in [3.05, 3.63) is 229 Å². The molecular formula is C49H34NOP. The second-order valence-corrected chi connectivity index (χ2v) is 16.4. The average molecular weight is 684 g/mol. The summed E-state index contributed by atoms with van der Waals surface area (Å²) in [5.74, 6) is 0. The predicted octanol–water partition coefficient (Wildman–Crippen LogP) is 10.8. The molecule has 1 heterocycles. The zero-order valence-corrected chi connectivity index (χ0v) is 29.3. The van der Waals surface area contributed by atoms with Crippen LogP contribution in [0.3, 0.4) is 0 Å². The lowest BCUT2D eigenvalue weighted by Crippen LogP contribution is -2.29. The molecule has 0 N–H and O–H groups in total. The van der Waals surface area contributed by atoms with Crippen LogP contribution in [0.25, 0.3) is 38.6 Å². The summed E-state index contributed by atoms with van der Waals surface area (Å²) in [4.78, 5) is 0. The molecule has 0 saturated heterocycles. The van der Waals surface area contributed by atoms with Gasteiger partial charge in [0.1, 0.15) is 0 Å². The molecule has 8 aromatic carbocycles. The monoisotopic (exact) mass is 683 g/mol. The Morgan fingerprint density at radius 1 is 0.385 bits per heavy atom. The predicted molar refractivity (Wildman–Crippen MR) is 217 cm³/mol. The van der Waals surface area contributed by atoms with Gasteiger partial charge in [0, 0.05) is 32.4 Å². The molecule has 52 heavy (non-hydrogen) atoms.